The van der Waals surface area contributed by atoms with Gasteiger partial charge in [-0.3, -0.25) is 9.59 Å². The summed E-state index contributed by atoms with van der Waals surface area (Å²) in [6.07, 6.45) is 3.79. The molecule has 0 aromatic rings. The van der Waals surface area contributed by atoms with E-state index in [1.165, 1.54) is 11.3 Å². The van der Waals surface area contributed by atoms with Gasteiger partial charge in [0.15, 0.2) is 0 Å². The number of aliphatic carboxylic acids is 1. The number of piperazine rings is 1. The second-order valence-corrected chi connectivity index (χ2v) is 6.02. The zero-order valence-corrected chi connectivity index (χ0v) is 12.3. The van der Waals surface area contributed by atoms with E-state index in [1.807, 2.05) is 0 Å². The number of urea groups is 1. The summed E-state index contributed by atoms with van der Waals surface area (Å²) in [5.41, 5.74) is 0. The minimum Gasteiger partial charge on any atom is -0.481 e. The lowest BCUT2D eigenvalue weighted by atomic mass is 9.87. The minimum absolute atomic E-state index is 0.122. The molecule has 7 heteroatoms. The van der Waals surface area contributed by atoms with Crippen LogP contribution in [-0.4, -0.2) is 53.1 Å². The number of nitrogens with zero attached hydrogens (tertiary/aromatic N) is 1. The van der Waals surface area contributed by atoms with Gasteiger partial charge in [0.1, 0.15) is 6.04 Å². The fourth-order valence-corrected chi connectivity index (χ4v) is 3.15. The van der Waals surface area contributed by atoms with Crippen LogP contribution in [0, 0.1) is 5.92 Å². The maximum atomic E-state index is 12.4. The van der Waals surface area contributed by atoms with Crippen LogP contribution < -0.4 is 10.6 Å². The topological polar surface area (TPSA) is 98.7 Å². The highest BCUT2D eigenvalue weighted by atomic mass is 16.4. The number of carbonyl (C=O) groups is 3. The molecule has 0 aromatic carbocycles. The fraction of sp³-hybridized carbons (Fsp3) is 0.786. The van der Waals surface area contributed by atoms with E-state index in [2.05, 4.69) is 17.6 Å². The van der Waals surface area contributed by atoms with Crippen molar-refractivity contribution in [3.8, 4) is 0 Å². The van der Waals surface area contributed by atoms with E-state index in [1.54, 1.807) is 0 Å². The minimum atomic E-state index is -1.08. The summed E-state index contributed by atoms with van der Waals surface area (Å²) in [5.74, 6) is -0.888. The van der Waals surface area contributed by atoms with Gasteiger partial charge in [0.05, 0.1) is 6.42 Å². The molecule has 0 spiro atoms. The van der Waals surface area contributed by atoms with Gasteiger partial charge in [-0.1, -0.05) is 19.8 Å². The molecule has 3 N–H and O–H groups in total. The molecule has 1 saturated carbocycles. The van der Waals surface area contributed by atoms with Crippen molar-refractivity contribution in [2.45, 2.75) is 51.1 Å². The predicted octanol–water partition coefficient (Wildman–Crippen LogP) is 0.550. The van der Waals surface area contributed by atoms with E-state index in [0.29, 0.717) is 19.0 Å². The molecule has 1 saturated heterocycles. The van der Waals surface area contributed by atoms with Crippen LogP contribution in [0.1, 0.15) is 39.0 Å². The van der Waals surface area contributed by atoms with Crippen molar-refractivity contribution in [3.05, 3.63) is 0 Å². The SMILES string of the molecule is CC1CCCC(NC(=O)N2CCNC(=O)C2CC(=O)O)C1. The first-order valence-corrected chi connectivity index (χ1v) is 7.54. The average molecular weight is 297 g/mol. The number of rotatable bonds is 3. The van der Waals surface area contributed by atoms with E-state index < -0.39 is 17.9 Å². The molecule has 21 heavy (non-hydrogen) atoms. The van der Waals surface area contributed by atoms with Crippen molar-refractivity contribution in [2.24, 2.45) is 5.92 Å². The zero-order valence-electron chi connectivity index (χ0n) is 12.3. The van der Waals surface area contributed by atoms with Gasteiger partial charge < -0.3 is 20.6 Å². The lowest BCUT2D eigenvalue weighted by Crippen LogP contribution is -2.61. The van der Waals surface area contributed by atoms with Gasteiger partial charge in [-0.15, -0.1) is 0 Å². The van der Waals surface area contributed by atoms with Gasteiger partial charge in [0.2, 0.25) is 5.91 Å². The van der Waals surface area contributed by atoms with Crippen molar-refractivity contribution < 1.29 is 19.5 Å². The van der Waals surface area contributed by atoms with Crippen LogP contribution in [0.15, 0.2) is 0 Å². The second kappa shape index (κ2) is 6.78. The third-order valence-corrected chi connectivity index (χ3v) is 4.22. The maximum Gasteiger partial charge on any atom is 0.318 e. The summed E-state index contributed by atoms with van der Waals surface area (Å²) in [4.78, 5) is 36.4. The molecule has 1 aliphatic heterocycles. The normalized spacial score (nSPS) is 29.7. The molecule has 1 heterocycles. The number of nitrogens with one attached hydrogen (secondary N) is 2. The Labute approximate surface area is 124 Å². The Kier molecular flexibility index (Phi) is 5.03. The van der Waals surface area contributed by atoms with Crippen LogP contribution >= 0.6 is 0 Å². The smallest absolute Gasteiger partial charge is 0.318 e. The Morgan fingerprint density at radius 3 is 2.86 bits per heavy atom. The van der Waals surface area contributed by atoms with E-state index in [9.17, 15) is 14.4 Å². The number of hydrogen-bond acceptors (Lipinski definition) is 3. The number of carbonyl (C=O) groups excluding carboxylic acids is 2. The van der Waals surface area contributed by atoms with Crippen molar-refractivity contribution in [3.63, 3.8) is 0 Å². The molecule has 0 bridgehead atoms. The van der Waals surface area contributed by atoms with E-state index >= 15 is 0 Å². The summed E-state index contributed by atoms with van der Waals surface area (Å²) < 4.78 is 0. The molecule has 0 aromatic heterocycles. The maximum absolute atomic E-state index is 12.4. The highest BCUT2D eigenvalue weighted by Crippen LogP contribution is 2.23. The molecule has 3 unspecified atom stereocenters. The standard InChI is InChI=1S/C14H23N3O4/c1-9-3-2-4-10(7-9)16-14(21)17-6-5-15-13(20)11(17)8-12(18)19/h9-11H,2-8H2,1H3,(H,15,20)(H,16,21)(H,18,19). The van der Waals surface area contributed by atoms with Crippen molar-refractivity contribution in [1.82, 2.24) is 15.5 Å². The third kappa shape index (κ3) is 4.09. The van der Waals surface area contributed by atoms with Gasteiger partial charge in [-0.25, -0.2) is 4.79 Å². The number of amides is 3. The molecule has 0 radical (unpaired) electrons. The van der Waals surface area contributed by atoms with Crippen LogP contribution in [0.5, 0.6) is 0 Å². The number of carboxylic acid groups (broad SMARTS) is 1. The molecular weight excluding hydrogens is 274 g/mol. The molecule has 3 amide bonds. The summed E-state index contributed by atoms with van der Waals surface area (Å²) in [6, 6.07) is -1.12. The van der Waals surface area contributed by atoms with E-state index in [4.69, 9.17) is 5.11 Å². The van der Waals surface area contributed by atoms with Crippen LogP contribution in [0.4, 0.5) is 4.79 Å². The molecule has 1 aliphatic carbocycles. The molecule has 7 nitrogen and oxygen atoms in total. The van der Waals surface area contributed by atoms with E-state index in [-0.39, 0.29) is 18.5 Å². The number of carboxylic acids is 1. The lowest BCUT2D eigenvalue weighted by molar-refractivity contribution is -0.142. The molecule has 2 rings (SSSR count). The Morgan fingerprint density at radius 1 is 1.43 bits per heavy atom. The molecule has 2 aliphatic rings. The number of hydrogen-bond donors (Lipinski definition) is 3. The average Bonchev–Trinajstić information content (AvgIpc) is 2.40. The van der Waals surface area contributed by atoms with Crippen LogP contribution in [-0.2, 0) is 9.59 Å². The monoisotopic (exact) mass is 297 g/mol. The van der Waals surface area contributed by atoms with Gasteiger partial charge in [-0.2, -0.15) is 0 Å². The first-order valence-electron chi connectivity index (χ1n) is 7.54. The first kappa shape index (κ1) is 15.6. The predicted molar refractivity (Wildman–Crippen MR) is 75.7 cm³/mol. The highest BCUT2D eigenvalue weighted by Gasteiger charge is 2.35. The molecule has 2 fully saturated rings. The Morgan fingerprint density at radius 2 is 2.19 bits per heavy atom. The Balaban J connectivity index is 1.97. The van der Waals surface area contributed by atoms with Crippen LogP contribution in [0.2, 0.25) is 0 Å². The van der Waals surface area contributed by atoms with Crippen LogP contribution in [0.25, 0.3) is 0 Å². The van der Waals surface area contributed by atoms with Gasteiger partial charge in [-0.05, 0) is 18.8 Å². The molecule has 118 valence electrons. The van der Waals surface area contributed by atoms with E-state index in [0.717, 1.165) is 19.3 Å². The van der Waals surface area contributed by atoms with Gasteiger partial charge in [0, 0.05) is 19.1 Å². The van der Waals surface area contributed by atoms with Crippen molar-refractivity contribution in [1.29, 1.82) is 0 Å². The third-order valence-electron chi connectivity index (χ3n) is 4.22. The Hall–Kier alpha value is -1.79. The fourth-order valence-electron chi connectivity index (χ4n) is 3.15. The summed E-state index contributed by atoms with van der Waals surface area (Å²) >= 11 is 0. The summed E-state index contributed by atoms with van der Waals surface area (Å²) in [7, 11) is 0. The molecular formula is C14H23N3O4. The molecule has 3 atom stereocenters. The van der Waals surface area contributed by atoms with Crippen LogP contribution in [0.3, 0.4) is 0 Å². The van der Waals surface area contributed by atoms with Gasteiger partial charge in [0.25, 0.3) is 0 Å². The highest BCUT2D eigenvalue weighted by molar-refractivity contribution is 5.91. The summed E-state index contributed by atoms with van der Waals surface area (Å²) in [5, 5.41) is 14.5. The largest absolute Gasteiger partial charge is 0.481 e. The van der Waals surface area contributed by atoms with Crippen molar-refractivity contribution >= 4 is 17.9 Å². The first-order chi connectivity index (χ1) is 9.97. The Bertz CT molecular complexity index is 426. The van der Waals surface area contributed by atoms with Crippen molar-refractivity contribution in [2.75, 3.05) is 13.1 Å². The van der Waals surface area contributed by atoms with Gasteiger partial charge >= 0.3 is 12.0 Å². The second-order valence-electron chi connectivity index (χ2n) is 6.02. The zero-order chi connectivity index (χ0) is 15.4. The lowest BCUT2D eigenvalue weighted by Gasteiger charge is -2.36. The summed E-state index contributed by atoms with van der Waals surface area (Å²) in [6.45, 7) is 2.88. The quantitative estimate of drug-likeness (QED) is 0.708.